The Morgan fingerprint density at radius 2 is 2.35 bits per heavy atom. The van der Waals surface area contributed by atoms with Gasteiger partial charge >= 0.3 is 0 Å². The van der Waals surface area contributed by atoms with Crippen molar-refractivity contribution in [2.24, 2.45) is 5.41 Å². The Labute approximate surface area is 104 Å². The van der Waals surface area contributed by atoms with Crippen LogP contribution in [0, 0.1) is 5.41 Å². The van der Waals surface area contributed by atoms with Gasteiger partial charge in [-0.3, -0.25) is 0 Å². The van der Waals surface area contributed by atoms with Crippen LogP contribution in [0.3, 0.4) is 0 Å². The molecule has 0 bridgehead atoms. The van der Waals surface area contributed by atoms with Crippen LogP contribution in [0.4, 0.5) is 0 Å². The van der Waals surface area contributed by atoms with E-state index in [1.807, 2.05) is 6.20 Å². The molecule has 2 rings (SSSR count). The molecule has 0 saturated heterocycles. The molecule has 0 amide bonds. The van der Waals surface area contributed by atoms with E-state index in [9.17, 15) is 0 Å². The third kappa shape index (κ3) is 2.54. The van der Waals surface area contributed by atoms with Gasteiger partial charge in [-0.15, -0.1) is 0 Å². The predicted molar refractivity (Wildman–Crippen MR) is 69.0 cm³/mol. The Balaban J connectivity index is 2.13. The van der Waals surface area contributed by atoms with E-state index in [1.165, 1.54) is 19.3 Å². The zero-order valence-electron chi connectivity index (χ0n) is 11.4. The number of nitrogens with zero attached hydrogens (tertiary/aromatic N) is 1. The first-order chi connectivity index (χ1) is 8.04. The van der Waals surface area contributed by atoms with Crippen molar-refractivity contribution in [1.82, 2.24) is 10.3 Å². The molecule has 2 unspecified atom stereocenters. The summed E-state index contributed by atoms with van der Waals surface area (Å²) in [6.07, 6.45) is 5.76. The van der Waals surface area contributed by atoms with Crippen LogP contribution in [0.25, 0.3) is 0 Å². The molecule has 1 aromatic heterocycles. The van der Waals surface area contributed by atoms with E-state index in [-0.39, 0.29) is 6.04 Å². The molecule has 1 aliphatic rings. The molecule has 1 heterocycles. The number of hydrogen-bond donors (Lipinski definition) is 1. The van der Waals surface area contributed by atoms with Crippen LogP contribution in [0.15, 0.2) is 10.6 Å². The van der Waals surface area contributed by atoms with E-state index in [0.29, 0.717) is 11.3 Å². The van der Waals surface area contributed by atoms with Crippen molar-refractivity contribution in [2.45, 2.75) is 58.9 Å². The third-order valence-corrected chi connectivity index (χ3v) is 4.02. The normalized spacial score (nSPS) is 25.1. The summed E-state index contributed by atoms with van der Waals surface area (Å²) in [7, 11) is 0. The minimum Gasteiger partial charge on any atom is -0.444 e. The van der Waals surface area contributed by atoms with Crippen LogP contribution in [-0.2, 0) is 0 Å². The van der Waals surface area contributed by atoms with Gasteiger partial charge < -0.3 is 9.73 Å². The maximum atomic E-state index is 5.94. The molecule has 0 radical (unpaired) electrons. The lowest BCUT2D eigenvalue weighted by molar-refractivity contribution is 0.281. The molecular formula is C14H24N2O. The highest BCUT2D eigenvalue weighted by molar-refractivity contribution is 5.10. The molecule has 96 valence electrons. The lowest BCUT2D eigenvalue weighted by Gasteiger charge is -2.24. The van der Waals surface area contributed by atoms with Crippen molar-refractivity contribution in [3.8, 4) is 0 Å². The van der Waals surface area contributed by atoms with Crippen LogP contribution in [0.2, 0.25) is 0 Å². The fraction of sp³-hybridized carbons (Fsp3) is 0.786. The molecule has 3 nitrogen and oxygen atoms in total. The molecule has 3 heteroatoms. The number of hydrogen-bond acceptors (Lipinski definition) is 3. The maximum Gasteiger partial charge on any atom is 0.211 e. The minimum absolute atomic E-state index is 0.207. The van der Waals surface area contributed by atoms with E-state index >= 15 is 0 Å². The van der Waals surface area contributed by atoms with Gasteiger partial charge in [0.1, 0.15) is 5.76 Å². The number of rotatable bonds is 4. The molecule has 1 N–H and O–H groups in total. The first kappa shape index (κ1) is 12.6. The minimum atomic E-state index is 0.207. The van der Waals surface area contributed by atoms with E-state index in [1.54, 1.807) is 0 Å². The molecule has 0 aromatic carbocycles. The Kier molecular flexibility index (Phi) is 3.57. The second kappa shape index (κ2) is 4.81. The van der Waals surface area contributed by atoms with Gasteiger partial charge in [0.05, 0.1) is 12.2 Å². The monoisotopic (exact) mass is 236 g/mol. The zero-order valence-corrected chi connectivity index (χ0v) is 11.4. The average Bonchev–Trinajstić information content (AvgIpc) is 2.84. The van der Waals surface area contributed by atoms with E-state index in [2.05, 4.69) is 38.0 Å². The molecule has 17 heavy (non-hydrogen) atoms. The highest BCUT2D eigenvalue weighted by atomic mass is 16.4. The SMILES string of the molecule is CCNC(C)c1ncc(C2CCCC2(C)C)o1. The van der Waals surface area contributed by atoms with Crippen molar-refractivity contribution in [3.05, 3.63) is 17.8 Å². The highest BCUT2D eigenvalue weighted by Crippen LogP contribution is 2.48. The van der Waals surface area contributed by atoms with Crippen molar-refractivity contribution in [3.63, 3.8) is 0 Å². The van der Waals surface area contributed by atoms with E-state index < -0.39 is 0 Å². The topological polar surface area (TPSA) is 38.1 Å². The van der Waals surface area contributed by atoms with Gasteiger partial charge in [-0.2, -0.15) is 0 Å². The van der Waals surface area contributed by atoms with Gasteiger partial charge in [-0.25, -0.2) is 4.98 Å². The van der Waals surface area contributed by atoms with Gasteiger partial charge in [0, 0.05) is 5.92 Å². The van der Waals surface area contributed by atoms with Crippen LogP contribution in [0.5, 0.6) is 0 Å². The molecule has 0 spiro atoms. The van der Waals surface area contributed by atoms with Crippen LogP contribution >= 0.6 is 0 Å². The van der Waals surface area contributed by atoms with Crippen molar-refractivity contribution < 1.29 is 4.42 Å². The maximum absolute atomic E-state index is 5.94. The van der Waals surface area contributed by atoms with Gasteiger partial charge in [0.15, 0.2) is 0 Å². The molecule has 1 aliphatic carbocycles. The lowest BCUT2D eigenvalue weighted by atomic mass is 9.81. The summed E-state index contributed by atoms with van der Waals surface area (Å²) in [5.41, 5.74) is 0.359. The summed E-state index contributed by atoms with van der Waals surface area (Å²) >= 11 is 0. The number of aromatic nitrogens is 1. The average molecular weight is 236 g/mol. The summed E-state index contributed by atoms with van der Waals surface area (Å²) in [5.74, 6) is 2.44. The van der Waals surface area contributed by atoms with E-state index in [4.69, 9.17) is 4.42 Å². The summed E-state index contributed by atoms with van der Waals surface area (Å²) < 4.78 is 5.94. The van der Waals surface area contributed by atoms with Gasteiger partial charge in [-0.1, -0.05) is 27.2 Å². The summed E-state index contributed by atoms with van der Waals surface area (Å²) in [4.78, 5) is 4.42. The van der Waals surface area contributed by atoms with Crippen molar-refractivity contribution in [1.29, 1.82) is 0 Å². The second-order valence-electron chi connectivity index (χ2n) is 5.81. The van der Waals surface area contributed by atoms with Gasteiger partial charge in [-0.05, 0) is 31.7 Å². The Bertz CT molecular complexity index is 370. The number of nitrogens with one attached hydrogen (secondary N) is 1. The van der Waals surface area contributed by atoms with Gasteiger partial charge in [0.25, 0.3) is 0 Å². The van der Waals surface area contributed by atoms with Crippen LogP contribution in [-0.4, -0.2) is 11.5 Å². The fourth-order valence-corrected chi connectivity index (χ4v) is 2.91. The van der Waals surface area contributed by atoms with Crippen LogP contribution in [0.1, 0.15) is 70.6 Å². The van der Waals surface area contributed by atoms with Crippen molar-refractivity contribution >= 4 is 0 Å². The quantitative estimate of drug-likeness (QED) is 0.867. The third-order valence-electron chi connectivity index (χ3n) is 4.02. The van der Waals surface area contributed by atoms with Gasteiger partial charge in [0.2, 0.25) is 5.89 Å². The Hall–Kier alpha value is -0.830. The van der Waals surface area contributed by atoms with E-state index in [0.717, 1.165) is 18.2 Å². The lowest BCUT2D eigenvalue weighted by Crippen LogP contribution is -2.18. The first-order valence-electron chi connectivity index (χ1n) is 6.73. The smallest absolute Gasteiger partial charge is 0.211 e. The molecule has 0 aliphatic heterocycles. The van der Waals surface area contributed by atoms with Crippen molar-refractivity contribution in [2.75, 3.05) is 6.54 Å². The summed E-state index contributed by atoms with van der Waals surface area (Å²) in [6.45, 7) is 9.80. The predicted octanol–water partition coefficient (Wildman–Crippen LogP) is 3.64. The Morgan fingerprint density at radius 1 is 1.59 bits per heavy atom. The van der Waals surface area contributed by atoms with Crippen LogP contribution < -0.4 is 5.32 Å². The second-order valence-corrected chi connectivity index (χ2v) is 5.81. The number of oxazole rings is 1. The summed E-state index contributed by atoms with van der Waals surface area (Å²) in [5, 5.41) is 3.33. The molecule has 1 fully saturated rings. The fourth-order valence-electron chi connectivity index (χ4n) is 2.91. The Morgan fingerprint density at radius 3 is 2.94 bits per heavy atom. The summed E-state index contributed by atoms with van der Waals surface area (Å²) in [6, 6.07) is 0.207. The highest BCUT2D eigenvalue weighted by Gasteiger charge is 2.37. The molecule has 1 saturated carbocycles. The largest absolute Gasteiger partial charge is 0.444 e. The molecule has 2 atom stereocenters. The molecule has 1 aromatic rings. The molecular weight excluding hydrogens is 212 g/mol. The first-order valence-corrected chi connectivity index (χ1v) is 6.73. The zero-order chi connectivity index (χ0) is 12.5. The standard InChI is InChI=1S/C14H24N2O/c1-5-15-10(2)13-16-9-12(17-13)11-7-6-8-14(11,3)4/h9-11,15H,5-8H2,1-4H3.